The minimum Gasteiger partial charge on any atom is -0.452 e. The summed E-state index contributed by atoms with van der Waals surface area (Å²) in [7, 11) is 1.61. The first-order valence-electron chi connectivity index (χ1n) is 7.81. The van der Waals surface area contributed by atoms with Crippen LogP contribution in [0.4, 0.5) is 0 Å². The average molecular weight is 321 g/mol. The van der Waals surface area contributed by atoms with Crippen LogP contribution in [-0.2, 0) is 14.3 Å². The Bertz CT molecular complexity index is 564. The van der Waals surface area contributed by atoms with Crippen LogP contribution in [0, 0.1) is 34.6 Å². The van der Waals surface area contributed by atoms with Gasteiger partial charge in [-0.2, -0.15) is 0 Å². The smallest absolute Gasteiger partial charge is 0.339 e. The summed E-state index contributed by atoms with van der Waals surface area (Å²) in [6.07, 6.45) is 0.727. The van der Waals surface area contributed by atoms with Crippen LogP contribution in [0.1, 0.15) is 44.6 Å². The molecule has 0 unspecified atom stereocenters. The Labute approximate surface area is 138 Å². The zero-order valence-corrected chi connectivity index (χ0v) is 15.0. The van der Waals surface area contributed by atoms with Crippen molar-refractivity contribution in [2.45, 2.75) is 41.0 Å². The van der Waals surface area contributed by atoms with Crippen LogP contribution in [0.5, 0.6) is 0 Å². The van der Waals surface area contributed by atoms with Crippen molar-refractivity contribution in [3.05, 3.63) is 33.4 Å². The molecule has 1 aromatic rings. The van der Waals surface area contributed by atoms with Gasteiger partial charge in [0.15, 0.2) is 6.61 Å². The van der Waals surface area contributed by atoms with Gasteiger partial charge in [-0.3, -0.25) is 4.79 Å². The number of rotatable bonds is 7. The summed E-state index contributed by atoms with van der Waals surface area (Å²) in [6, 6.07) is 0. The number of ether oxygens (including phenoxy) is 2. The molecule has 0 atom stereocenters. The van der Waals surface area contributed by atoms with Crippen molar-refractivity contribution in [3.8, 4) is 0 Å². The summed E-state index contributed by atoms with van der Waals surface area (Å²) < 4.78 is 10.1. The quantitative estimate of drug-likeness (QED) is 0.619. The Balaban J connectivity index is 2.71. The van der Waals surface area contributed by atoms with Crippen LogP contribution in [-0.4, -0.2) is 38.7 Å². The lowest BCUT2D eigenvalue weighted by Gasteiger charge is -2.17. The highest BCUT2D eigenvalue weighted by Gasteiger charge is 2.20. The summed E-state index contributed by atoms with van der Waals surface area (Å²) in [4.78, 5) is 24.0. The minimum absolute atomic E-state index is 0.267. The van der Waals surface area contributed by atoms with Gasteiger partial charge >= 0.3 is 5.97 Å². The molecular formula is C18H27NO4. The van der Waals surface area contributed by atoms with Crippen molar-refractivity contribution in [1.82, 2.24) is 5.32 Å². The lowest BCUT2D eigenvalue weighted by Crippen LogP contribution is -2.30. The van der Waals surface area contributed by atoms with E-state index in [-0.39, 0.29) is 12.5 Å². The van der Waals surface area contributed by atoms with Crippen molar-refractivity contribution in [3.63, 3.8) is 0 Å². The van der Waals surface area contributed by atoms with Crippen LogP contribution < -0.4 is 5.32 Å². The fourth-order valence-corrected chi connectivity index (χ4v) is 2.50. The topological polar surface area (TPSA) is 64.6 Å². The van der Waals surface area contributed by atoms with Gasteiger partial charge in [-0.1, -0.05) is 0 Å². The molecule has 5 heteroatoms. The molecule has 0 radical (unpaired) electrons. The third-order valence-electron chi connectivity index (χ3n) is 4.39. The number of carbonyl (C=O) groups is 2. The third-order valence-corrected chi connectivity index (χ3v) is 4.39. The molecule has 0 saturated carbocycles. The van der Waals surface area contributed by atoms with Crippen molar-refractivity contribution >= 4 is 11.9 Å². The highest BCUT2D eigenvalue weighted by Crippen LogP contribution is 2.26. The second-order valence-corrected chi connectivity index (χ2v) is 5.77. The van der Waals surface area contributed by atoms with Crippen LogP contribution in [0.25, 0.3) is 0 Å². The van der Waals surface area contributed by atoms with Gasteiger partial charge in [-0.15, -0.1) is 0 Å². The number of benzene rings is 1. The van der Waals surface area contributed by atoms with E-state index in [9.17, 15) is 9.59 Å². The van der Waals surface area contributed by atoms with Crippen LogP contribution >= 0.6 is 0 Å². The maximum Gasteiger partial charge on any atom is 0.339 e. The van der Waals surface area contributed by atoms with E-state index in [4.69, 9.17) is 9.47 Å². The Kier molecular flexibility index (Phi) is 7.23. The summed E-state index contributed by atoms with van der Waals surface area (Å²) in [5, 5.41) is 2.69. The molecule has 5 nitrogen and oxygen atoms in total. The third kappa shape index (κ3) is 4.79. The molecule has 23 heavy (non-hydrogen) atoms. The predicted molar refractivity (Wildman–Crippen MR) is 89.9 cm³/mol. The fourth-order valence-electron chi connectivity index (χ4n) is 2.50. The Morgan fingerprint density at radius 1 is 0.913 bits per heavy atom. The van der Waals surface area contributed by atoms with Gasteiger partial charge in [0.2, 0.25) is 0 Å². The molecule has 0 aliphatic heterocycles. The molecule has 0 spiro atoms. The zero-order valence-electron chi connectivity index (χ0n) is 15.0. The van der Waals surface area contributed by atoms with Gasteiger partial charge in [0.25, 0.3) is 5.91 Å². The second-order valence-electron chi connectivity index (χ2n) is 5.77. The SMILES string of the molecule is COCCCNC(=O)COC(=O)c1c(C)c(C)c(C)c(C)c1C. The van der Waals surface area contributed by atoms with Crippen LogP contribution in [0.15, 0.2) is 0 Å². The molecule has 1 amide bonds. The first-order chi connectivity index (χ1) is 10.8. The van der Waals surface area contributed by atoms with E-state index >= 15 is 0 Å². The van der Waals surface area contributed by atoms with Gasteiger partial charge in [0.05, 0.1) is 5.56 Å². The molecule has 0 bridgehead atoms. The lowest BCUT2D eigenvalue weighted by atomic mass is 9.90. The molecule has 128 valence electrons. The molecule has 1 aromatic carbocycles. The number of esters is 1. The molecular weight excluding hydrogens is 294 g/mol. The van der Waals surface area contributed by atoms with Crippen LogP contribution in [0.3, 0.4) is 0 Å². The number of amides is 1. The summed E-state index contributed by atoms with van der Waals surface area (Å²) in [6.45, 7) is 10.7. The highest BCUT2D eigenvalue weighted by atomic mass is 16.5. The van der Waals surface area contributed by atoms with E-state index in [0.29, 0.717) is 18.7 Å². The van der Waals surface area contributed by atoms with Crippen molar-refractivity contribution in [2.75, 3.05) is 26.9 Å². The highest BCUT2D eigenvalue weighted by molar-refractivity contribution is 5.95. The predicted octanol–water partition coefficient (Wildman–Crippen LogP) is 2.54. The molecule has 1 N–H and O–H groups in total. The normalized spacial score (nSPS) is 10.5. The van der Waals surface area contributed by atoms with E-state index in [1.54, 1.807) is 7.11 Å². The molecule has 1 rings (SSSR count). The molecule has 0 heterocycles. The van der Waals surface area contributed by atoms with Gasteiger partial charge < -0.3 is 14.8 Å². The monoisotopic (exact) mass is 321 g/mol. The molecule has 0 aromatic heterocycles. The number of carbonyl (C=O) groups excluding carboxylic acids is 2. The Hall–Kier alpha value is -1.88. The molecule has 0 saturated heterocycles. The van der Waals surface area contributed by atoms with Gasteiger partial charge in [0, 0.05) is 20.3 Å². The van der Waals surface area contributed by atoms with E-state index in [2.05, 4.69) is 5.32 Å². The Morgan fingerprint density at radius 3 is 1.96 bits per heavy atom. The van der Waals surface area contributed by atoms with E-state index < -0.39 is 5.97 Å². The van der Waals surface area contributed by atoms with Crippen molar-refractivity contribution < 1.29 is 19.1 Å². The van der Waals surface area contributed by atoms with Gasteiger partial charge in [-0.05, 0) is 68.9 Å². The van der Waals surface area contributed by atoms with E-state index in [0.717, 1.165) is 28.7 Å². The number of hydrogen-bond donors (Lipinski definition) is 1. The lowest BCUT2D eigenvalue weighted by molar-refractivity contribution is -0.124. The summed E-state index contributed by atoms with van der Waals surface area (Å²) >= 11 is 0. The first-order valence-corrected chi connectivity index (χ1v) is 7.81. The average Bonchev–Trinajstić information content (AvgIpc) is 2.53. The summed E-state index contributed by atoms with van der Waals surface area (Å²) in [5.41, 5.74) is 5.76. The van der Waals surface area contributed by atoms with Crippen LogP contribution in [0.2, 0.25) is 0 Å². The standard InChI is InChI=1S/C18H27NO4/c1-11-12(2)14(4)17(15(5)13(11)3)18(21)23-10-16(20)19-8-7-9-22-6/h7-10H2,1-6H3,(H,19,20). The zero-order chi connectivity index (χ0) is 17.6. The van der Waals surface area contributed by atoms with E-state index in [1.165, 1.54) is 5.56 Å². The van der Waals surface area contributed by atoms with Gasteiger partial charge in [0.1, 0.15) is 0 Å². The molecule has 0 aliphatic carbocycles. The summed E-state index contributed by atoms with van der Waals surface area (Å²) in [5.74, 6) is -0.747. The van der Waals surface area contributed by atoms with E-state index in [1.807, 2.05) is 34.6 Å². The number of methoxy groups -OCH3 is 1. The van der Waals surface area contributed by atoms with Gasteiger partial charge in [-0.25, -0.2) is 4.79 Å². The maximum absolute atomic E-state index is 12.4. The van der Waals surface area contributed by atoms with Crippen molar-refractivity contribution in [2.24, 2.45) is 0 Å². The largest absolute Gasteiger partial charge is 0.452 e. The van der Waals surface area contributed by atoms with Crippen molar-refractivity contribution in [1.29, 1.82) is 0 Å². The second kappa shape index (κ2) is 8.67. The minimum atomic E-state index is -0.446. The molecule has 0 fully saturated rings. The maximum atomic E-state index is 12.4. The Morgan fingerprint density at radius 2 is 1.43 bits per heavy atom. The fraction of sp³-hybridized carbons (Fsp3) is 0.556. The number of nitrogens with one attached hydrogen (secondary N) is 1. The molecule has 0 aliphatic rings. The first kappa shape index (κ1) is 19.2. The number of hydrogen-bond acceptors (Lipinski definition) is 4.